The number of hydrogen-bond donors (Lipinski definition) is 1. The number of halogens is 1. The highest BCUT2D eigenvalue weighted by Crippen LogP contribution is 2.24. The van der Waals surface area contributed by atoms with Gasteiger partial charge in [-0.05, 0) is 54.2 Å². The van der Waals surface area contributed by atoms with E-state index in [0.717, 1.165) is 11.3 Å². The second kappa shape index (κ2) is 8.58. The molecule has 1 aliphatic rings. The molecule has 2 aromatic rings. The van der Waals surface area contributed by atoms with Crippen molar-refractivity contribution >= 4 is 46.4 Å². The van der Waals surface area contributed by atoms with Crippen LogP contribution in [-0.2, 0) is 16.1 Å². The van der Waals surface area contributed by atoms with Crippen molar-refractivity contribution in [3.63, 3.8) is 0 Å². The van der Waals surface area contributed by atoms with Gasteiger partial charge in [0.15, 0.2) is 5.11 Å². The summed E-state index contributed by atoms with van der Waals surface area (Å²) in [6, 6.07) is 13.7. The number of likely N-dealkylation sites (N-methyl/N-ethyl adjacent to an activating group) is 1. The number of thiocarbonyl (C=S) groups is 1. The molecule has 1 fully saturated rings. The summed E-state index contributed by atoms with van der Waals surface area (Å²) in [5.41, 5.74) is 1.59. The lowest BCUT2D eigenvalue weighted by molar-refractivity contribution is -0.130. The maximum atomic E-state index is 12.6. The number of anilines is 1. The van der Waals surface area contributed by atoms with Crippen LogP contribution in [0.1, 0.15) is 12.0 Å². The highest BCUT2D eigenvalue weighted by atomic mass is 35.5. The fourth-order valence-corrected chi connectivity index (χ4v) is 3.41. The van der Waals surface area contributed by atoms with Gasteiger partial charge in [0.25, 0.3) is 5.91 Å². The summed E-state index contributed by atoms with van der Waals surface area (Å²) in [6.07, 6.45) is 0.00208. The van der Waals surface area contributed by atoms with Crippen molar-refractivity contribution in [3.05, 3.63) is 59.1 Å². The second-order valence-electron chi connectivity index (χ2n) is 6.43. The first-order valence-corrected chi connectivity index (χ1v) is 9.44. The molecule has 2 aromatic carbocycles. The molecule has 2 amide bonds. The van der Waals surface area contributed by atoms with Gasteiger partial charge in [-0.1, -0.05) is 23.7 Å². The number of carbonyl (C=O) groups is 2. The van der Waals surface area contributed by atoms with Crippen molar-refractivity contribution in [2.75, 3.05) is 19.5 Å². The standard InChI is InChI=1S/C20H20ClN3O3S/c1-23-19(26)17(11-18(25)22-15-7-5-14(21)6-8-15)24(20(23)28)12-13-3-9-16(27-2)10-4-13/h3-10,17H,11-12H2,1-2H3,(H,22,25). The zero-order valence-corrected chi connectivity index (χ0v) is 17.1. The molecule has 0 bridgehead atoms. The van der Waals surface area contributed by atoms with Crippen molar-refractivity contribution in [1.29, 1.82) is 0 Å². The Balaban J connectivity index is 1.72. The monoisotopic (exact) mass is 417 g/mol. The molecule has 1 atom stereocenters. The average Bonchev–Trinajstić information content (AvgIpc) is 2.88. The predicted octanol–water partition coefficient (Wildman–Crippen LogP) is 3.30. The van der Waals surface area contributed by atoms with E-state index in [1.54, 1.807) is 43.3 Å². The fraction of sp³-hybridized carbons (Fsp3) is 0.250. The first kappa shape index (κ1) is 20.1. The molecule has 146 valence electrons. The van der Waals surface area contributed by atoms with E-state index in [1.165, 1.54) is 4.90 Å². The van der Waals surface area contributed by atoms with Crippen LogP contribution in [0.25, 0.3) is 0 Å². The van der Waals surface area contributed by atoms with E-state index >= 15 is 0 Å². The van der Waals surface area contributed by atoms with E-state index in [9.17, 15) is 9.59 Å². The number of carbonyl (C=O) groups excluding carboxylic acids is 2. The Morgan fingerprint density at radius 3 is 2.43 bits per heavy atom. The molecule has 0 radical (unpaired) electrons. The Morgan fingerprint density at radius 2 is 1.82 bits per heavy atom. The Hall–Kier alpha value is -2.64. The summed E-state index contributed by atoms with van der Waals surface area (Å²) in [5, 5.41) is 3.78. The van der Waals surface area contributed by atoms with E-state index in [2.05, 4.69) is 5.32 Å². The number of methoxy groups -OCH3 is 1. The van der Waals surface area contributed by atoms with E-state index in [0.29, 0.717) is 22.4 Å². The Bertz CT molecular complexity index is 887. The van der Waals surface area contributed by atoms with Gasteiger partial charge in [-0.25, -0.2) is 0 Å². The zero-order valence-electron chi connectivity index (χ0n) is 15.5. The van der Waals surface area contributed by atoms with Crippen molar-refractivity contribution in [3.8, 4) is 5.75 Å². The van der Waals surface area contributed by atoms with Crippen molar-refractivity contribution < 1.29 is 14.3 Å². The quantitative estimate of drug-likeness (QED) is 0.730. The number of nitrogens with one attached hydrogen (secondary N) is 1. The Labute approximate surface area is 174 Å². The fourth-order valence-electron chi connectivity index (χ4n) is 3.00. The van der Waals surface area contributed by atoms with E-state index in [4.69, 9.17) is 28.6 Å². The van der Waals surface area contributed by atoms with Gasteiger partial charge in [0.05, 0.1) is 13.5 Å². The summed E-state index contributed by atoms with van der Waals surface area (Å²) < 4.78 is 5.17. The maximum absolute atomic E-state index is 12.6. The van der Waals surface area contributed by atoms with Crippen LogP contribution in [0.3, 0.4) is 0 Å². The van der Waals surface area contributed by atoms with Gasteiger partial charge >= 0.3 is 0 Å². The van der Waals surface area contributed by atoms with Crippen LogP contribution in [0, 0.1) is 0 Å². The smallest absolute Gasteiger partial charge is 0.251 e. The van der Waals surface area contributed by atoms with Crippen LogP contribution in [0.4, 0.5) is 5.69 Å². The number of amides is 2. The summed E-state index contributed by atoms with van der Waals surface area (Å²) in [5.74, 6) is 0.295. The molecule has 3 rings (SSSR count). The SMILES string of the molecule is COc1ccc(CN2C(=S)N(C)C(=O)C2CC(=O)Nc2ccc(Cl)cc2)cc1. The summed E-state index contributed by atoms with van der Waals surface area (Å²) >= 11 is 11.3. The highest BCUT2D eigenvalue weighted by Gasteiger charge is 2.41. The third kappa shape index (κ3) is 4.43. The minimum atomic E-state index is -0.646. The molecule has 28 heavy (non-hydrogen) atoms. The molecule has 0 spiro atoms. The molecule has 1 heterocycles. The van der Waals surface area contributed by atoms with Crippen LogP contribution >= 0.6 is 23.8 Å². The van der Waals surface area contributed by atoms with Crippen molar-refractivity contribution in [1.82, 2.24) is 9.80 Å². The minimum Gasteiger partial charge on any atom is -0.497 e. The minimum absolute atomic E-state index is 0.00208. The summed E-state index contributed by atoms with van der Waals surface area (Å²) in [4.78, 5) is 28.3. The highest BCUT2D eigenvalue weighted by molar-refractivity contribution is 7.80. The third-order valence-electron chi connectivity index (χ3n) is 4.54. The largest absolute Gasteiger partial charge is 0.497 e. The Kier molecular flexibility index (Phi) is 6.16. The van der Waals surface area contributed by atoms with Crippen molar-refractivity contribution in [2.45, 2.75) is 19.0 Å². The molecule has 1 aliphatic heterocycles. The van der Waals surface area contributed by atoms with Gasteiger partial charge in [0.1, 0.15) is 11.8 Å². The molecule has 0 aliphatic carbocycles. The average molecular weight is 418 g/mol. The van der Waals surface area contributed by atoms with Crippen LogP contribution in [0.2, 0.25) is 5.02 Å². The lowest BCUT2D eigenvalue weighted by Crippen LogP contribution is -2.37. The molecule has 0 saturated carbocycles. The van der Waals surface area contributed by atoms with Crippen molar-refractivity contribution in [2.24, 2.45) is 0 Å². The van der Waals surface area contributed by atoms with Gasteiger partial charge in [-0.3, -0.25) is 14.5 Å². The van der Waals surface area contributed by atoms with Gasteiger partial charge in [0.2, 0.25) is 5.91 Å². The van der Waals surface area contributed by atoms with E-state index in [-0.39, 0.29) is 18.2 Å². The van der Waals surface area contributed by atoms with E-state index < -0.39 is 6.04 Å². The zero-order chi connectivity index (χ0) is 20.3. The molecule has 1 unspecified atom stereocenters. The van der Waals surface area contributed by atoms with Gasteiger partial charge in [0, 0.05) is 24.3 Å². The predicted molar refractivity (Wildman–Crippen MR) is 112 cm³/mol. The molecule has 8 heteroatoms. The number of nitrogens with zero attached hydrogens (tertiary/aromatic N) is 2. The van der Waals surface area contributed by atoms with Gasteiger partial charge < -0.3 is 15.0 Å². The summed E-state index contributed by atoms with van der Waals surface area (Å²) in [6.45, 7) is 0.428. The molecule has 6 nitrogen and oxygen atoms in total. The van der Waals surface area contributed by atoms with Gasteiger partial charge in [-0.15, -0.1) is 0 Å². The normalized spacial score (nSPS) is 16.5. The van der Waals surface area contributed by atoms with Crippen LogP contribution in [0.15, 0.2) is 48.5 Å². The second-order valence-corrected chi connectivity index (χ2v) is 7.23. The topological polar surface area (TPSA) is 61.9 Å². The summed E-state index contributed by atoms with van der Waals surface area (Å²) in [7, 11) is 3.23. The lowest BCUT2D eigenvalue weighted by Gasteiger charge is -2.23. The molecule has 0 aromatic heterocycles. The number of ether oxygens (including phenoxy) is 1. The Morgan fingerprint density at radius 1 is 1.18 bits per heavy atom. The molecule has 1 N–H and O–H groups in total. The van der Waals surface area contributed by atoms with E-state index in [1.807, 2.05) is 24.3 Å². The van der Waals surface area contributed by atoms with Crippen LogP contribution in [-0.4, -0.2) is 46.9 Å². The van der Waals surface area contributed by atoms with Crippen LogP contribution in [0.5, 0.6) is 5.75 Å². The third-order valence-corrected chi connectivity index (χ3v) is 5.30. The maximum Gasteiger partial charge on any atom is 0.251 e. The molecule has 1 saturated heterocycles. The first-order chi connectivity index (χ1) is 13.4. The molecular formula is C20H20ClN3O3S. The van der Waals surface area contributed by atoms with Gasteiger partial charge in [-0.2, -0.15) is 0 Å². The molecular weight excluding hydrogens is 398 g/mol. The number of rotatable bonds is 6. The lowest BCUT2D eigenvalue weighted by atomic mass is 10.1. The number of benzene rings is 2. The van der Waals surface area contributed by atoms with Crippen LogP contribution < -0.4 is 10.1 Å². The first-order valence-electron chi connectivity index (χ1n) is 8.65. The number of hydrogen-bond acceptors (Lipinski definition) is 4.